The fourth-order valence-electron chi connectivity index (χ4n) is 2.49. The average Bonchev–Trinajstić information content (AvgIpc) is 2.98. The van der Waals surface area contributed by atoms with E-state index in [2.05, 4.69) is 43.0 Å². The molecular formula is C17H23ClN2O. The van der Waals surface area contributed by atoms with E-state index >= 15 is 0 Å². The summed E-state index contributed by atoms with van der Waals surface area (Å²) in [5.74, 6) is 1.84. The summed E-state index contributed by atoms with van der Waals surface area (Å²) in [4.78, 5) is 4.56. The van der Waals surface area contributed by atoms with Gasteiger partial charge in [0.1, 0.15) is 0 Å². The molecule has 3 unspecified atom stereocenters. The lowest BCUT2D eigenvalue weighted by molar-refractivity contribution is 0.327. The van der Waals surface area contributed by atoms with Crippen LogP contribution in [-0.4, -0.2) is 10.1 Å². The van der Waals surface area contributed by atoms with E-state index in [0.717, 1.165) is 19.3 Å². The lowest BCUT2D eigenvalue weighted by Crippen LogP contribution is -2.11. The summed E-state index contributed by atoms with van der Waals surface area (Å²) in [5.41, 5.74) is 1.21. The molecule has 1 aromatic heterocycles. The van der Waals surface area contributed by atoms with Crippen molar-refractivity contribution in [2.24, 2.45) is 5.92 Å². The van der Waals surface area contributed by atoms with Crippen LogP contribution in [0.15, 0.2) is 34.9 Å². The van der Waals surface area contributed by atoms with E-state index in [9.17, 15) is 0 Å². The Morgan fingerprint density at radius 3 is 2.52 bits per heavy atom. The Morgan fingerprint density at radius 2 is 1.90 bits per heavy atom. The fraction of sp³-hybridized carbons (Fsp3) is 0.529. The first-order chi connectivity index (χ1) is 10.2. The summed E-state index contributed by atoms with van der Waals surface area (Å²) in [6.45, 7) is 6.49. The highest BCUT2D eigenvalue weighted by molar-refractivity contribution is 6.20. The van der Waals surface area contributed by atoms with Crippen molar-refractivity contribution in [3.63, 3.8) is 0 Å². The second-order valence-corrected chi connectivity index (χ2v) is 6.05. The van der Waals surface area contributed by atoms with Gasteiger partial charge in [0.05, 0.1) is 11.3 Å². The molecule has 1 aromatic carbocycles. The van der Waals surface area contributed by atoms with Crippen LogP contribution >= 0.6 is 11.6 Å². The van der Waals surface area contributed by atoms with Crippen LogP contribution in [-0.2, 0) is 0 Å². The monoisotopic (exact) mass is 306 g/mol. The van der Waals surface area contributed by atoms with Gasteiger partial charge in [0.25, 0.3) is 0 Å². The van der Waals surface area contributed by atoms with E-state index in [4.69, 9.17) is 16.1 Å². The minimum absolute atomic E-state index is 0.128. The first-order valence-electron chi connectivity index (χ1n) is 7.69. The molecule has 0 saturated carbocycles. The van der Waals surface area contributed by atoms with Gasteiger partial charge >= 0.3 is 0 Å². The number of hydrogen-bond acceptors (Lipinski definition) is 3. The van der Waals surface area contributed by atoms with E-state index < -0.39 is 0 Å². The Bertz CT molecular complexity index is 541. The average molecular weight is 307 g/mol. The third-order valence-corrected chi connectivity index (χ3v) is 4.33. The van der Waals surface area contributed by atoms with Crippen LogP contribution in [0, 0.1) is 5.92 Å². The maximum absolute atomic E-state index is 6.30. The van der Waals surface area contributed by atoms with Crippen LogP contribution in [0.5, 0.6) is 0 Å². The van der Waals surface area contributed by atoms with Gasteiger partial charge in [-0.15, -0.1) is 11.6 Å². The molecule has 0 aliphatic carbocycles. The highest BCUT2D eigenvalue weighted by Crippen LogP contribution is 2.34. The second kappa shape index (κ2) is 7.60. The molecule has 4 heteroatoms. The maximum Gasteiger partial charge on any atom is 0.234 e. The fourth-order valence-corrected chi connectivity index (χ4v) is 2.80. The van der Waals surface area contributed by atoms with Gasteiger partial charge in [-0.2, -0.15) is 4.98 Å². The Morgan fingerprint density at radius 1 is 1.19 bits per heavy atom. The first-order valence-corrected chi connectivity index (χ1v) is 8.13. The Labute approximate surface area is 131 Å². The molecule has 3 nitrogen and oxygen atoms in total. The molecule has 0 bridgehead atoms. The molecule has 21 heavy (non-hydrogen) atoms. The van der Waals surface area contributed by atoms with E-state index in [1.54, 1.807) is 0 Å². The van der Waals surface area contributed by atoms with Crippen LogP contribution < -0.4 is 0 Å². The zero-order chi connectivity index (χ0) is 15.2. The summed E-state index contributed by atoms with van der Waals surface area (Å²) in [6.07, 6.45) is 2.92. The maximum atomic E-state index is 6.30. The van der Waals surface area contributed by atoms with Crippen molar-refractivity contribution in [3.05, 3.63) is 47.6 Å². The summed E-state index contributed by atoms with van der Waals surface area (Å²) in [6, 6.07) is 10.3. The van der Waals surface area contributed by atoms with Crippen molar-refractivity contribution in [1.82, 2.24) is 10.1 Å². The summed E-state index contributed by atoms with van der Waals surface area (Å²) in [5, 5.41) is 3.91. The van der Waals surface area contributed by atoms with Crippen molar-refractivity contribution in [1.29, 1.82) is 0 Å². The number of halogens is 1. The van der Waals surface area contributed by atoms with Gasteiger partial charge in [0.2, 0.25) is 5.89 Å². The summed E-state index contributed by atoms with van der Waals surface area (Å²) in [7, 11) is 0. The summed E-state index contributed by atoms with van der Waals surface area (Å²) < 4.78 is 5.53. The molecule has 0 amide bonds. The smallest absolute Gasteiger partial charge is 0.234 e. The quantitative estimate of drug-likeness (QED) is 0.649. The van der Waals surface area contributed by atoms with Gasteiger partial charge < -0.3 is 4.52 Å². The van der Waals surface area contributed by atoms with E-state index in [1.165, 1.54) is 5.56 Å². The van der Waals surface area contributed by atoms with Crippen LogP contribution in [0.25, 0.3) is 0 Å². The molecule has 2 rings (SSSR count). The highest BCUT2D eigenvalue weighted by Gasteiger charge is 2.27. The van der Waals surface area contributed by atoms with Crippen LogP contribution in [0.4, 0.5) is 0 Å². The molecule has 0 spiro atoms. The Balaban J connectivity index is 2.30. The van der Waals surface area contributed by atoms with Crippen LogP contribution in [0.1, 0.15) is 68.6 Å². The van der Waals surface area contributed by atoms with E-state index in [1.807, 2.05) is 18.2 Å². The molecular weight excluding hydrogens is 284 g/mol. The molecule has 0 saturated heterocycles. The predicted octanol–water partition coefficient (Wildman–Crippen LogP) is 5.33. The van der Waals surface area contributed by atoms with E-state index in [0.29, 0.717) is 17.6 Å². The second-order valence-electron chi connectivity index (χ2n) is 5.52. The van der Waals surface area contributed by atoms with Crippen molar-refractivity contribution in [2.45, 2.75) is 51.3 Å². The minimum Gasteiger partial charge on any atom is -0.339 e. The predicted molar refractivity (Wildman–Crippen MR) is 85.5 cm³/mol. The lowest BCUT2D eigenvalue weighted by atomic mass is 9.85. The molecule has 0 aliphatic heterocycles. The number of alkyl halides is 1. The van der Waals surface area contributed by atoms with E-state index in [-0.39, 0.29) is 11.3 Å². The first kappa shape index (κ1) is 16.0. The minimum atomic E-state index is -0.166. The van der Waals surface area contributed by atoms with Crippen molar-refractivity contribution >= 4 is 11.6 Å². The standard InChI is InChI=1S/C17H23ClN2O/c1-4-9-14(18)16-19-17(21-20-16)15(12(3)5-2)13-10-7-6-8-11-13/h6-8,10-12,14-15H,4-5,9H2,1-3H3. The van der Waals surface area contributed by atoms with Gasteiger partial charge in [-0.3, -0.25) is 0 Å². The molecule has 3 atom stereocenters. The molecule has 0 N–H and O–H groups in total. The molecule has 1 heterocycles. The zero-order valence-electron chi connectivity index (χ0n) is 12.9. The number of benzene rings is 1. The number of aromatic nitrogens is 2. The number of nitrogens with zero attached hydrogens (tertiary/aromatic N) is 2. The molecule has 0 aliphatic rings. The van der Waals surface area contributed by atoms with Crippen LogP contribution in [0.3, 0.4) is 0 Å². The van der Waals surface area contributed by atoms with Crippen molar-refractivity contribution in [2.75, 3.05) is 0 Å². The van der Waals surface area contributed by atoms with Crippen molar-refractivity contribution in [3.8, 4) is 0 Å². The lowest BCUT2D eigenvalue weighted by Gasteiger charge is -2.19. The third-order valence-electron chi connectivity index (χ3n) is 3.92. The molecule has 0 radical (unpaired) electrons. The molecule has 0 fully saturated rings. The SMILES string of the molecule is CCCC(Cl)c1noc(C(c2ccccc2)C(C)CC)n1. The topological polar surface area (TPSA) is 38.9 Å². The Kier molecular flexibility index (Phi) is 5.80. The Hall–Kier alpha value is -1.35. The molecule has 114 valence electrons. The van der Waals surface area contributed by atoms with Gasteiger partial charge in [-0.05, 0) is 17.9 Å². The molecule has 2 aromatic rings. The number of hydrogen-bond donors (Lipinski definition) is 0. The third kappa shape index (κ3) is 3.85. The normalized spacial score (nSPS) is 15.6. The van der Waals surface area contributed by atoms with Gasteiger partial charge in [0, 0.05) is 0 Å². The van der Waals surface area contributed by atoms with Crippen molar-refractivity contribution < 1.29 is 4.52 Å². The number of rotatable bonds is 7. The van der Waals surface area contributed by atoms with Gasteiger partial charge in [-0.1, -0.05) is 69.1 Å². The van der Waals surface area contributed by atoms with Gasteiger partial charge in [0.15, 0.2) is 5.82 Å². The van der Waals surface area contributed by atoms with Gasteiger partial charge in [-0.25, -0.2) is 0 Å². The largest absolute Gasteiger partial charge is 0.339 e. The van der Waals surface area contributed by atoms with Crippen LogP contribution in [0.2, 0.25) is 0 Å². The zero-order valence-corrected chi connectivity index (χ0v) is 13.7. The highest BCUT2D eigenvalue weighted by atomic mass is 35.5. The summed E-state index contributed by atoms with van der Waals surface area (Å²) >= 11 is 6.30.